The highest BCUT2D eigenvalue weighted by Gasteiger charge is 2.11. The Morgan fingerprint density at radius 2 is 2.25 bits per heavy atom. The van der Waals surface area contributed by atoms with Gasteiger partial charge in [-0.25, -0.2) is 0 Å². The molecule has 0 atom stereocenters. The van der Waals surface area contributed by atoms with Gasteiger partial charge in [0.1, 0.15) is 0 Å². The van der Waals surface area contributed by atoms with E-state index in [1.165, 1.54) is 0 Å². The maximum absolute atomic E-state index is 8.29. The number of rotatable bonds is 3. The molecule has 2 nitrogen and oxygen atoms in total. The summed E-state index contributed by atoms with van der Waals surface area (Å²) in [6.07, 6.45) is 1.65. The summed E-state index contributed by atoms with van der Waals surface area (Å²) < 4.78 is 4.84. The smallest absolute Gasteiger partial charge is 0.409 e. The summed E-state index contributed by atoms with van der Waals surface area (Å²) in [6.45, 7) is 7.19. The molecule has 0 fully saturated rings. The molecule has 0 aliphatic carbocycles. The molecule has 0 aromatic rings. The Balaban J connectivity index is 3.53. The monoisotopic (exact) mass is 130 g/mol. The lowest BCUT2D eigenvalue weighted by atomic mass is 10.1. The van der Waals surface area contributed by atoms with Crippen molar-refractivity contribution in [3.63, 3.8) is 0 Å². The van der Waals surface area contributed by atoms with Gasteiger partial charge in [-0.3, -0.25) is 0 Å². The Morgan fingerprint density at radius 3 is 2.38 bits per heavy atom. The van der Waals surface area contributed by atoms with Gasteiger partial charge < -0.3 is 9.22 Å². The van der Waals surface area contributed by atoms with E-state index in [2.05, 4.69) is 6.58 Å². The molecule has 0 heterocycles. The van der Waals surface area contributed by atoms with Crippen LogP contribution in [0.5, 0.6) is 0 Å². The Hall–Kier alpha value is -0.123. The van der Waals surface area contributed by atoms with Gasteiger partial charge in [-0.15, -0.1) is 6.58 Å². The molecule has 0 aromatic carbocycles. The quantitative estimate of drug-likeness (QED) is 0.445. The Bertz CT molecular complexity index is 80.5. The minimum atomic E-state index is -0.455. The maximum atomic E-state index is 8.29. The third-order valence-corrected chi connectivity index (χ3v) is 1.42. The van der Waals surface area contributed by atoms with Gasteiger partial charge in [0.05, 0.1) is 5.60 Å². The molecule has 1 N–H and O–H groups in total. The van der Waals surface area contributed by atoms with E-state index < -0.39 is 10.0 Å². The molecular weight excluding hydrogens is 120 g/mol. The zero-order valence-corrected chi connectivity index (χ0v) is 6.14. The first kappa shape index (κ1) is 7.88. The lowest BCUT2D eigenvalue weighted by Gasteiger charge is -2.17. The molecule has 0 amide bonds. The third kappa shape index (κ3) is 2.96. The second-order valence-electron chi connectivity index (χ2n) is 2.00. The molecular formula is C5H10O2Si. The second-order valence-corrected chi connectivity index (χ2v) is 2.39. The summed E-state index contributed by atoms with van der Waals surface area (Å²) in [7, 11) is -0.455. The molecule has 0 spiro atoms. The second kappa shape index (κ2) is 3.01. The predicted molar refractivity (Wildman–Crippen MR) is 33.3 cm³/mol. The fourth-order valence-corrected chi connectivity index (χ4v) is 0.478. The Labute approximate surface area is 52.2 Å². The molecule has 0 aliphatic rings. The van der Waals surface area contributed by atoms with E-state index in [-0.39, 0.29) is 5.60 Å². The van der Waals surface area contributed by atoms with Crippen LogP contribution >= 0.6 is 0 Å². The fraction of sp³-hybridized carbons (Fsp3) is 0.600. The first-order chi connectivity index (χ1) is 3.62. The van der Waals surface area contributed by atoms with E-state index in [0.29, 0.717) is 0 Å². The molecule has 8 heavy (non-hydrogen) atoms. The highest BCUT2D eigenvalue weighted by molar-refractivity contribution is 6.16. The van der Waals surface area contributed by atoms with Crippen molar-refractivity contribution in [3.05, 3.63) is 12.7 Å². The average molecular weight is 130 g/mol. The van der Waals surface area contributed by atoms with Crippen molar-refractivity contribution in [1.29, 1.82) is 0 Å². The molecule has 46 valence electrons. The van der Waals surface area contributed by atoms with E-state index in [9.17, 15) is 0 Å². The Kier molecular flexibility index (Phi) is 2.97. The van der Waals surface area contributed by atoms with Gasteiger partial charge in [0.25, 0.3) is 0 Å². The van der Waals surface area contributed by atoms with E-state index in [4.69, 9.17) is 9.22 Å². The first-order valence-electron chi connectivity index (χ1n) is 2.33. The molecule has 0 saturated heterocycles. The molecule has 2 radical (unpaired) electrons. The van der Waals surface area contributed by atoms with Gasteiger partial charge in [-0.1, -0.05) is 6.08 Å². The topological polar surface area (TPSA) is 29.5 Å². The minimum Gasteiger partial charge on any atom is -0.409 e. The van der Waals surface area contributed by atoms with E-state index >= 15 is 0 Å². The van der Waals surface area contributed by atoms with Crippen LogP contribution in [0.4, 0.5) is 0 Å². The zero-order valence-electron chi connectivity index (χ0n) is 5.14. The van der Waals surface area contributed by atoms with E-state index in [0.717, 1.165) is 0 Å². The van der Waals surface area contributed by atoms with Crippen LogP contribution in [0.1, 0.15) is 13.8 Å². The maximum Gasteiger partial charge on any atom is 0.431 e. The summed E-state index contributed by atoms with van der Waals surface area (Å²) in [5.74, 6) is 0. The van der Waals surface area contributed by atoms with Crippen LogP contribution in [-0.2, 0) is 4.43 Å². The fourth-order valence-electron chi connectivity index (χ4n) is 0.159. The van der Waals surface area contributed by atoms with Crippen LogP contribution in [0.25, 0.3) is 0 Å². The summed E-state index contributed by atoms with van der Waals surface area (Å²) in [5, 5.41) is 0. The lowest BCUT2D eigenvalue weighted by Crippen LogP contribution is -2.22. The van der Waals surface area contributed by atoms with Crippen LogP contribution in [0, 0.1) is 0 Å². The van der Waals surface area contributed by atoms with Crippen molar-refractivity contribution in [2.45, 2.75) is 19.4 Å². The van der Waals surface area contributed by atoms with Gasteiger partial charge in [-0.05, 0) is 13.8 Å². The van der Waals surface area contributed by atoms with Crippen LogP contribution < -0.4 is 0 Å². The van der Waals surface area contributed by atoms with E-state index in [1.54, 1.807) is 6.08 Å². The predicted octanol–water partition coefficient (Wildman–Crippen LogP) is 0.494. The Morgan fingerprint density at radius 1 is 1.75 bits per heavy atom. The van der Waals surface area contributed by atoms with Crippen molar-refractivity contribution in [2.24, 2.45) is 0 Å². The zero-order chi connectivity index (χ0) is 6.62. The van der Waals surface area contributed by atoms with Gasteiger partial charge in [0, 0.05) is 0 Å². The lowest BCUT2D eigenvalue weighted by molar-refractivity contribution is 0.145. The summed E-state index contributed by atoms with van der Waals surface area (Å²) in [4.78, 5) is 8.29. The molecule has 0 saturated carbocycles. The number of hydrogen-bond donors (Lipinski definition) is 1. The van der Waals surface area contributed by atoms with Crippen LogP contribution in [0.15, 0.2) is 12.7 Å². The molecule has 0 rings (SSSR count). The van der Waals surface area contributed by atoms with Gasteiger partial charge >= 0.3 is 10.0 Å². The summed E-state index contributed by atoms with van der Waals surface area (Å²) in [6, 6.07) is 0. The highest BCUT2D eigenvalue weighted by Crippen LogP contribution is 2.06. The van der Waals surface area contributed by atoms with Crippen molar-refractivity contribution >= 4 is 10.0 Å². The van der Waals surface area contributed by atoms with Crippen molar-refractivity contribution in [1.82, 2.24) is 0 Å². The van der Waals surface area contributed by atoms with Crippen LogP contribution in [-0.4, -0.2) is 20.4 Å². The van der Waals surface area contributed by atoms with E-state index in [1.807, 2.05) is 13.8 Å². The highest BCUT2D eigenvalue weighted by atomic mass is 28.2. The van der Waals surface area contributed by atoms with Crippen molar-refractivity contribution < 1.29 is 9.22 Å². The molecule has 3 heteroatoms. The molecule has 0 aromatic heterocycles. The number of hydrogen-bond acceptors (Lipinski definition) is 2. The van der Waals surface area contributed by atoms with Crippen LogP contribution in [0.3, 0.4) is 0 Å². The minimum absolute atomic E-state index is 0.382. The van der Waals surface area contributed by atoms with Gasteiger partial charge in [-0.2, -0.15) is 0 Å². The SMILES string of the molecule is C=CC(C)(C)O[Si]O. The standard InChI is InChI=1S/C5H10O2Si/c1-4-5(2,3)7-8-6/h4,6H,1H2,2-3H3. The molecule has 0 aliphatic heterocycles. The van der Waals surface area contributed by atoms with Gasteiger partial charge in [0.15, 0.2) is 0 Å². The van der Waals surface area contributed by atoms with Crippen LogP contribution in [0.2, 0.25) is 0 Å². The largest absolute Gasteiger partial charge is 0.431 e. The molecule has 0 bridgehead atoms. The van der Waals surface area contributed by atoms with Gasteiger partial charge in [0.2, 0.25) is 0 Å². The summed E-state index contributed by atoms with van der Waals surface area (Å²) in [5.41, 5.74) is -0.382. The first-order valence-corrected chi connectivity index (χ1v) is 3.18. The van der Waals surface area contributed by atoms with Crippen molar-refractivity contribution in [2.75, 3.05) is 0 Å². The van der Waals surface area contributed by atoms with Crippen molar-refractivity contribution in [3.8, 4) is 0 Å². The normalized spacial score (nSPS) is 11.4. The third-order valence-electron chi connectivity index (χ3n) is 0.800. The average Bonchev–Trinajstić information content (AvgIpc) is 1.67. The molecule has 0 unspecified atom stereocenters. The summed E-state index contributed by atoms with van der Waals surface area (Å²) >= 11 is 0.